The molecule has 3 N–H and O–H groups in total. The van der Waals surface area contributed by atoms with Crippen LogP contribution in [0.1, 0.15) is 16.8 Å². The monoisotopic (exact) mass is 403 g/mol. The fraction of sp³-hybridized carbons (Fsp3) is 0.0952. The summed E-state index contributed by atoms with van der Waals surface area (Å²) in [6.45, 7) is 1.77. The second-order valence-corrected chi connectivity index (χ2v) is 7.30. The average Bonchev–Trinajstić information content (AvgIpc) is 3.18. The second-order valence-electron chi connectivity index (χ2n) is 6.86. The zero-order valence-corrected chi connectivity index (χ0v) is 16.0. The molecule has 0 saturated carbocycles. The molecule has 1 aromatic heterocycles. The Bertz CT molecular complexity index is 1270. The van der Waals surface area contributed by atoms with Crippen molar-refractivity contribution in [1.82, 2.24) is 9.78 Å². The van der Waals surface area contributed by atoms with Crippen LogP contribution in [-0.4, -0.2) is 15.7 Å². The molecule has 29 heavy (non-hydrogen) atoms. The second kappa shape index (κ2) is 5.87. The maximum absolute atomic E-state index is 13.4. The van der Waals surface area contributed by atoms with Gasteiger partial charge in [-0.3, -0.25) is 4.79 Å². The van der Waals surface area contributed by atoms with Gasteiger partial charge in [-0.25, -0.2) is 4.68 Å². The van der Waals surface area contributed by atoms with Crippen molar-refractivity contribution in [2.45, 2.75) is 12.3 Å². The van der Waals surface area contributed by atoms with E-state index in [0.717, 1.165) is 5.69 Å². The van der Waals surface area contributed by atoms with Crippen LogP contribution in [0.2, 0.25) is 5.02 Å². The molecule has 2 aromatic carbocycles. The number of fused-ring (bicyclic) bond motifs is 4. The van der Waals surface area contributed by atoms with E-state index in [1.165, 1.54) is 0 Å². The van der Waals surface area contributed by atoms with Crippen LogP contribution in [0.25, 0.3) is 5.69 Å². The first-order valence-electron chi connectivity index (χ1n) is 8.83. The zero-order valence-electron chi connectivity index (χ0n) is 15.2. The normalized spacial score (nSPS) is 19.4. The Hall–Kier alpha value is -3.76. The first-order chi connectivity index (χ1) is 14.0. The van der Waals surface area contributed by atoms with Crippen molar-refractivity contribution in [2.24, 2.45) is 5.73 Å². The molecule has 3 heterocycles. The summed E-state index contributed by atoms with van der Waals surface area (Å²) in [4.78, 5) is 13.4. The minimum Gasteiger partial charge on any atom is -0.422 e. The maximum Gasteiger partial charge on any atom is 0.245 e. The zero-order chi connectivity index (χ0) is 20.3. The van der Waals surface area contributed by atoms with Crippen molar-refractivity contribution < 1.29 is 9.53 Å². The number of rotatable bonds is 1. The predicted molar refractivity (Wildman–Crippen MR) is 107 cm³/mol. The van der Waals surface area contributed by atoms with E-state index in [1.807, 2.05) is 30.3 Å². The highest BCUT2D eigenvalue weighted by Crippen LogP contribution is 2.54. The van der Waals surface area contributed by atoms with Crippen molar-refractivity contribution in [3.8, 4) is 17.6 Å². The van der Waals surface area contributed by atoms with Gasteiger partial charge in [-0.15, -0.1) is 0 Å². The van der Waals surface area contributed by atoms with Crippen molar-refractivity contribution in [3.63, 3.8) is 0 Å². The van der Waals surface area contributed by atoms with Crippen molar-refractivity contribution >= 4 is 23.2 Å². The Morgan fingerprint density at radius 2 is 2.03 bits per heavy atom. The lowest BCUT2D eigenvalue weighted by molar-refractivity contribution is -0.118. The van der Waals surface area contributed by atoms with Gasteiger partial charge in [0.25, 0.3) is 0 Å². The minimum absolute atomic E-state index is 0.0132. The fourth-order valence-corrected chi connectivity index (χ4v) is 4.32. The Morgan fingerprint density at radius 1 is 1.28 bits per heavy atom. The lowest BCUT2D eigenvalue weighted by Gasteiger charge is -2.32. The van der Waals surface area contributed by atoms with Gasteiger partial charge >= 0.3 is 0 Å². The van der Waals surface area contributed by atoms with Crippen LogP contribution in [0, 0.1) is 18.3 Å². The topological polar surface area (TPSA) is 106 Å². The molecule has 5 rings (SSSR count). The van der Waals surface area contributed by atoms with Gasteiger partial charge in [0.15, 0.2) is 0 Å². The summed E-state index contributed by atoms with van der Waals surface area (Å²) in [5.74, 6) is -0.234. The van der Waals surface area contributed by atoms with Gasteiger partial charge < -0.3 is 15.8 Å². The Balaban J connectivity index is 1.91. The number of halogens is 1. The molecule has 0 aliphatic carbocycles. The summed E-state index contributed by atoms with van der Waals surface area (Å²) in [5, 5.41) is 17.8. The summed E-state index contributed by atoms with van der Waals surface area (Å²) in [6.07, 6.45) is 0. The maximum atomic E-state index is 13.4. The van der Waals surface area contributed by atoms with Crippen LogP contribution in [-0.2, 0) is 10.2 Å². The number of ether oxygens (including phenoxy) is 1. The lowest BCUT2D eigenvalue weighted by Crippen LogP contribution is -2.42. The molecule has 1 spiro atoms. The van der Waals surface area contributed by atoms with E-state index in [2.05, 4.69) is 16.5 Å². The number of hydrogen-bond acceptors (Lipinski definition) is 5. The molecule has 0 radical (unpaired) electrons. The van der Waals surface area contributed by atoms with Crippen LogP contribution in [0.4, 0.5) is 5.69 Å². The van der Waals surface area contributed by atoms with Gasteiger partial charge in [0.2, 0.25) is 17.7 Å². The number of hydrogen-bond donors (Lipinski definition) is 2. The molecule has 0 unspecified atom stereocenters. The van der Waals surface area contributed by atoms with Gasteiger partial charge in [-0.2, -0.15) is 10.4 Å². The highest BCUT2D eigenvalue weighted by Gasteiger charge is 2.58. The molecular formula is C21H14ClN5O2. The number of benzene rings is 2. The molecule has 2 aliphatic rings. The van der Waals surface area contributed by atoms with Gasteiger partial charge in [-0.05, 0) is 37.3 Å². The number of nitrogens with two attached hydrogens (primary N) is 1. The van der Waals surface area contributed by atoms with E-state index in [4.69, 9.17) is 22.1 Å². The van der Waals surface area contributed by atoms with E-state index in [-0.39, 0.29) is 11.5 Å². The smallest absolute Gasteiger partial charge is 0.245 e. The SMILES string of the molecule is Cc1nn(-c2ccccc2)c2c1[C@]1(C(=O)Nc3ccc(Cl)cc31)C(C#N)=C(N)O2. The first-order valence-corrected chi connectivity index (χ1v) is 9.21. The van der Waals surface area contributed by atoms with Gasteiger partial charge in [0.1, 0.15) is 17.1 Å². The Morgan fingerprint density at radius 3 is 2.76 bits per heavy atom. The third-order valence-corrected chi connectivity index (χ3v) is 5.54. The number of aromatic nitrogens is 2. The number of nitrogens with zero attached hydrogens (tertiary/aromatic N) is 3. The largest absolute Gasteiger partial charge is 0.422 e. The first kappa shape index (κ1) is 17.3. The molecule has 0 fully saturated rings. The molecule has 1 atom stereocenters. The quantitative estimate of drug-likeness (QED) is 0.649. The molecule has 8 heteroatoms. The predicted octanol–water partition coefficient (Wildman–Crippen LogP) is 3.16. The van der Waals surface area contributed by atoms with Crippen molar-refractivity contribution in [3.05, 3.63) is 81.8 Å². The Labute approximate surface area is 171 Å². The third-order valence-electron chi connectivity index (χ3n) is 5.31. The fourth-order valence-electron chi connectivity index (χ4n) is 4.15. The summed E-state index contributed by atoms with van der Waals surface area (Å²) < 4.78 is 7.43. The molecule has 0 saturated heterocycles. The van der Waals surface area contributed by atoms with E-state index in [9.17, 15) is 10.1 Å². The number of nitriles is 1. The average molecular weight is 404 g/mol. The summed E-state index contributed by atoms with van der Waals surface area (Å²) in [7, 11) is 0. The van der Waals surface area contributed by atoms with Crippen molar-refractivity contribution in [1.29, 1.82) is 5.26 Å². The number of carbonyl (C=O) groups excluding carboxylic acids is 1. The number of para-hydroxylation sites is 1. The van der Waals surface area contributed by atoms with Crippen LogP contribution in [0.3, 0.4) is 0 Å². The standard InChI is InChI=1S/C21H14ClN5O2/c1-11-17-19(27(26-11)13-5-3-2-4-6-13)29-18(24)15(10-23)21(17)14-9-12(22)7-8-16(14)25-20(21)28/h2-9H,24H2,1H3,(H,25,28)/t21-/m1/s1. The molecule has 1 amide bonds. The summed E-state index contributed by atoms with van der Waals surface area (Å²) in [6, 6.07) is 16.5. The third kappa shape index (κ3) is 2.12. The molecule has 3 aromatic rings. The summed E-state index contributed by atoms with van der Waals surface area (Å²) >= 11 is 6.25. The van der Waals surface area contributed by atoms with Gasteiger partial charge in [0.05, 0.1) is 16.9 Å². The van der Waals surface area contributed by atoms with Crippen LogP contribution < -0.4 is 15.8 Å². The van der Waals surface area contributed by atoms with E-state index in [0.29, 0.717) is 33.4 Å². The molecule has 142 valence electrons. The van der Waals surface area contributed by atoms with E-state index < -0.39 is 11.3 Å². The minimum atomic E-state index is -1.48. The molecule has 7 nitrogen and oxygen atoms in total. The van der Waals surface area contributed by atoms with Crippen LogP contribution >= 0.6 is 11.6 Å². The number of aryl methyl sites for hydroxylation is 1. The summed E-state index contributed by atoms with van der Waals surface area (Å²) in [5.41, 5.74) is 7.57. The molecule has 2 aliphatic heterocycles. The Kier molecular flexibility index (Phi) is 3.51. The highest BCUT2D eigenvalue weighted by atomic mass is 35.5. The van der Waals surface area contributed by atoms with E-state index >= 15 is 0 Å². The highest BCUT2D eigenvalue weighted by molar-refractivity contribution is 6.31. The van der Waals surface area contributed by atoms with Gasteiger partial charge in [-0.1, -0.05) is 29.8 Å². The van der Waals surface area contributed by atoms with Gasteiger partial charge in [0, 0.05) is 16.3 Å². The number of anilines is 1. The van der Waals surface area contributed by atoms with Crippen LogP contribution in [0.5, 0.6) is 5.88 Å². The van der Waals surface area contributed by atoms with Crippen molar-refractivity contribution in [2.75, 3.05) is 5.32 Å². The van der Waals surface area contributed by atoms with E-state index in [1.54, 1.807) is 29.8 Å². The lowest BCUT2D eigenvalue weighted by atomic mass is 9.69. The molecular weight excluding hydrogens is 390 g/mol. The van der Waals surface area contributed by atoms with Crippen LogP contribution in [0.15, 0.2) is 60.0 Å². The molecule has 0 bridgehead atoms. The number of amides is 1. The number of nitrogens with one attached hydrogen (secondary N) is 1. The number of carbonyl (C=O) groups is 1.